The number of hydrogen-bond donors (Lipinski definition) is 2. The first-order valence-electron chi connectivity index (χ1n) is 6.99. The molecule has 1 aromatic carbocycles. The van der Waals surface area contributed by atoms with Crippen LogP contribution in [0.3, 0.4) is 0 Å². The maximum absolute atomic E-state index is 13.5. The third-order valence-corrected chi connectivity index (χ3v) is 3.16. The molecule has 0 saturated carbocycles. The number of nitrogens with one attached hydrogen (secondary N) is 1. The molecule has 0 spiro atoms. The minimum absolute atomic E-state index is 0. The van der Waals surface area contributed by atoms with Crippen molar-refractivity contribution in [1.82, 2.24) is 5.32 Å². The molecule has 3 N–H and O–H groups in total. The quantitative estimate of drug-likeness (QED) is 0.721. The summed E-state index contributed by atoms with van der Waals surface area (Å²) in [5, 5.41) is 2.72. The van der Waals surface area contributed by atoms with Gasteiger partial charge in [-0.3, -0.25) is 4.79 Å². The highest BCUT2D eigenvalue weighted by atomic mass is 35.5. The van der Waals surface area contributed by atoms with Gasteiger partial charge in [-0.05, 0) is 32.4 Å². The van der Waals surface area contributed by atoms with E-state index in [-0.39, 0.29) is 18.3 Å². The van der Waals surface area contributed by atoms with Gasteiger partial charge in [-0.15, -0.1) is 12.4 Å². The summed E-state index contributed by atoms with van der Waals surface area (Å²) < 4.78 is 26.3. The zero-order chi connectivity index (χ0) is 15.0. The Morgan fingerprint density at radius 3 is 2.52 bits per heavy atom. The first kappa shape index (κ1) is 19.8. The van der Waals surface area contributed by atoms with Crippen LogP contribution in [0.5, 0.6) is 0 Å². The average molecular weight is 321 g/mol. The summed E-state index contributed by atoms with van der Waals surface area (Å²) in [7, 11) is 0. The second-order valence-electron chi connectivity index (χ2n) is 4.91. The van der Waals surface area contributed by atoms with Gasteiger partial charge in [0.1, 0.15) is 11.6 Å². The third-order valence-electron chi connectivity index (χ3n) is 3.16. The number of amides is 1. The molecule has 1 atom stereocenters. The molecule has 1 rings (SSSR count). The molecule has 120 valence electrons. The molecule has 21 heavy (non-hydrogen) atoms. The van der Waals surface area contributed by atoms with Crippen molar-refractivity contribution in [2.75, 3.05) is 6.54 Å². The second-order valence-corrected chi connectivity index (χ2v) is 4.91. The first-order valence-corrected chi connectivity index (χ1v) is 6.99. The molecule has 0 bridgehead atoms. The molecule has 0 aliphatic heterocycles. The van der Waals surface area contributed by atoms with Crippen molar-refractivity contribution in [1.29, 1.82) is 0 Å². The molecule has 6 heteroatoms. The van der Waals surface area contributed by atoms with E-state index in [1.807, 2.05) is 0 Å². The van der Waals surface area contributed by atoms with Gasteiger partial charge < -0.3 is 11.1 Å². The standard InChI is InChI=1S/C15H22F2N2O.ClH/c1-11(13-8-7-12(16)10-14(13)17)19-15(20)6-4-2-3-5-9-18;/h7-8,10-11H,2-6,9,18H2,1H3,(H,19,20);1H. The van der Waals surface area contributed by atoms with Crippen LogP contribution in [0.1, 0.15) is 50.6 Å². The zero-order valence-corrected chi connectivity index (χ0v) is 13.0. The number of unbranched alkanes of at least 4 members (excludes halogenated alkanes) is 3. The van der Waals surface area contributed by atoms with Crippen LogP contribution in [0.15, 0.2) is 18.2 Å². The highest BCUT2D eigenvalue weighted by molar-refractivity contribution is 5.85. The summed E-state index contributed by atoms with van der Waals surface area (Å²) in [5.41, 5.74) is 5.68. The fourth-order valence-corrected chi connectivity index (χ4v) is 2.03. The summed E-state index contributed by atoms with van der Waals surface area (Å²) in [4.78, 5) is 11.7. The molecule has 3 nitrogen and oxygen atoms in total. The molecular formula is C15H23ClF2N2O. The first-order chi connectivity index (χ1) is 9.54. The van der Waals surface area contributed by atoms with Gasteiger partial charge in [0.25, 0.3) is 0 Å². The Morgan fingerprint density at radius 1 is 1.24 bits per heavy atom. The Kier molecular flexibility index (Phi) is 9.91. The predicted molar refractivity (Wildman–Crippen MR) is 82.3 cm³/mol. The zero-order valence-electron chi connectivity index (χ0n) is 12.2. The van der Waals surface area contributed by atoms with E-state index in [9.17, 15) is 13.6 Å². The Bertz CT molecular complexity index is 444. The smallest absolute Gasteiger partial charge is 0.220 e. The van der Waals surface area contributed by atoms with E-state index in [1.165, 1.54) is 12.1 Å². The molecule has 0 aromatic heterocycles. The van der Waals surface area contributed by atoms with Crippen LogP contribution in [0, 0.1) is 11.6 Å². The second kappa shape index (κ2) is 10.5. The van der Waals surface area contributed by atoms with Crippen molar-refractivity contribution in [2.24, 2.45) is 5.73 Å². The Balaban J connectivity index is 0.00000400. The number of benzene rings is 1. The van der Waals surface area contributed by atoms with Gasteiger partial charge in [-0.2, -0.15) is 0 Å². The molecule has 0 heterocycles. The Hall–Kier alpha value is -1.20. The fraction of sp³-hybridized carbons (Fsp3) is 0.533. The van der Waals surface area contributed by atoms with Gasteiger partial charge in [-0.25, -0.2) is 8.78 Å². The third kappa shape index (κ3) is 7.39. The summed E-state index contributed by atoms with van der Waals surface area (Å²) >= 11 is 0. The Morgan fingerprint density at radius 2 is 1.90 bits per heavy atom. The maximum Gasteiger partial charge on any atom is 0.220 e. The van der Waals surface area contributed by atoms with Crippen molar-refractivity contribution in [3.05, 3.63) is 35.4 Å². The molecule has 1 unspecified atom stereocenters. The van der Waals surface area contributed by atoms with Crippen molar-refractivity contribution >= 4 is 18.3 Å². The topological polar surface area (TPSA) is 55.1 Å². The average Bonchev–Trinajstić information content (AvgIpc) is 2.38. The van der Waals surface area contributed by atoms with Gasteiger partial charge in [0.2, 0.25) is 5.91 Å². The van der Waals surface area contributed by atoms with Crippen molar-refractivity contribution in [3.8, 4) is 0 Å². The molecule has 0 fully saturated rings. The van der Waals surface area contributed by atoms with Gasteiger partial charge in [0, 0.05) is 18.1 Å². The van der Waals surface area contributed by atoms with Crippen LogP contribution in [0.25, 0.3) is 0 Å². The molecule has 0 radical (unpaired) electrons. The fourth-order valence-electron chi connectivity index (χ4n) is 2.03. The number of nitrogens with two attached hydrogens (primary N) is 1. The van der Waals surface area contributed by atoms with Crippen LogP contribution < -0.4 is 11.1 Å². The van der Waals surface area contributed by atoms with Gasteiger partial charge in [0.15, 0.2) is 0 Å². The van der Waals surface area contributed by atoms with E-state index in [4.69, 9.17) is 5.73 Å². The molecule has 1 aromatic rings. The normalized spacial score (nSPS) is 11.6. The summed E-state index contributed by atoms with van der Waals surface area (Å²) in [5.74, 6) is -1.38. The SMILES string of the molecule is CC(NC(=O)CCCCCCN)c1ccc(F)cc1F.Cl. The van der Waals surface area contributed by atoms with E-state index in [0.29, 0.717) is 18.5 Å². The number of rotatable bonds is 8. The molecule has 0 aliphatic rings. The van der Waals surface area contributed by atoms with E-state index < -0.39 is 17.7 Å². The summed E-state index contributed by atoms with van der Waals surface area (Å²) in [6.07, 6.45) is 4.16. The van der Waals surface area contributed by atoms with E-state index >= 15 is 0 Å². The van der Waals surface area contributed by atoms with Gasteiger partial charge in [0.05, 0.1) is 6.04 Å². The van der Waals surface area contributed by atoms with Crippen LogP contribution in [-0.4, -0.2) is 12.5 Å². The number of carbonyl (C=O) groups is 1. The predicted octanol–water partition coefficient (Wildman–Crippen LogP) is 3.47. The monoisotopic (exact) mass is 320 g/mol. The molecule has 0 aliphatic carbocycles. The lowest BCUT2D eigenvalue weighted by Crippen LogP contribution is -2.27. The molecule has 1 amide bonds. The maximum atomic E-state index is 13.5. The number of hydrogen-bond acceptors (Lipinski definition) is 2. The molecular weight excluding hydrogens is 298 g/mol. The highest BCUT2D eigenvalue weighted by Crippen LogP contribution is 2.18. The minimum atomic E-state index is -0.638. The van der Waals surface area contributed by atoms with E-state index in [2.05, 4.69) is 5.32 Å². The van der Waals surface area contributed by atoms with Crippen LogP contribution in [0.4, 0.5) is 8.78 Å². The van der Waals surface area contributed by atoms with Gasteiger partial charge in [-0.1, -0.05) is 18.9 Å². The van der Waals surface area contributed by atoms with E-state index in [0.717, 1.165) is 31.7 Å². The van der Waals surface area contributed by atoms with Crippen LogP contribution in [-0.2, 0) is 4.79 Å². The lowest BCUT2D eigenvalue weighted by molar-refractivity contribution is -0.121. The van der Waals surface area contributed by atoms with Gasteiger partial charge >= 0.3 is 0 Å². The summed E-state index contributed by atoms with van der Waals surface area (Å²) in [6.45, 7) is 2.36. The lowest BCUT2D eigenvalue weighted by atomic mass is 10.1. The minimum Gasteiger partial charge on any atom is -0.349 e. The Labute approximate surface area is 130 Å². The summed E-state index contributed by atoms with van der Waals surface area (Å²) in [6, 6.07) is 2.90. The largest absolute Gasteiger partial charge is 0.349 e. The van der Waals surface area contributed by atoms with Crippen LogP contribution in [0.2, 0.25) is 0 Å². The van der Waals surface area contributed by atoms with E-state index in [1.54, 1.807) is 6.92 Å². The number of halogens is 3. The van der Waals surface area contributed by atoms with Crippen molar-refractivity contribution in [3.63, 3.8) is 0 Å². The molecule has 0 saturated heterocycles. The lowest BCUT2D eigenvalue weighted by Gasteiger charge is -2.15. The number of carbonyl (C=O) groups excluding carboxylic acids is 1. The van der Waals surface area contributed by atoms with Crippen molar-refractivity contribution < 1.29 is 13.6 Å². The highest BCUT2D eigenvalue weighted by Gasteiger charge is 2.13. The van der Waals surface area contributed by atoms with Crippen molar-refractivity contribution in [2.45, 2.75) is 45.1 Å². The van der Waals surface area contributed by atoms with Crippen LogP contribution >= 0.6 is 12.4 Å².